The lowest BCUT2D eigenvalue weighted by Gasteiger charge is -2.53. The summed E-state index contributed by atoms with van der Waals surface area (Å²) in [6, 6.07) is 11.6. The number of pyridine rings is 1. The summed E-state index contributed by atoms with van der Waals surface area (Å²) in [7, 11) is 0. The van der Waals surface area contributed by atoms with Crippen LogP contribution in [0, 0.1) is 12.8 Å². The van der Waals surface area contributed by atoms with Crippen LogP contribution >= 0.6 is 0 Å². The molecule has 158 valence electrons. The van der Waals surface area contributed by atoms with Crippen molar-refractivity contribution in [3.8, 4) is 11.3 Å². The number of carbonyl (C=O) groups is 2. The summed E-state index contributed by atoms with van der Waals surface area (Å²) in [4.78, 5) is 34.1. The summed E-state index contributed by atoms with van der Waals surface area (Å²) < 4.78 is 5.54. The molecule has 2 aromatic rings. The maximum Gasteiger partial charge on any atom is 0.410 e. The van der Waals surface area contributed by atoms with Gasteiger partial charge in [-0.05, 0) is 52.3 Å². The van der Waals surface area contributed by atoms with Crippen molar-refractivity contribution in [3.63, 3.8) is 0 Å². The second kappa shape index (κ2) is 7.74. The number of hydrogen-bond donors (Lipinski definition) is 0. The quantitative estimate of drug-likeness (QED) is 0.751. The average molecular weight is 408 g/mol. The molecule has 4 rings (SSSR count). The minimum atomic E-state index is -0.522. The molecule has 0 unspecified atom stereocenters. The largest absolute Gasteiger partial charge is 0.444 e. The number of benzene rings is 1. The minimum Gasteiger partial charge on any atom is -0.444 e. The van der Waals surface area contributed by atoms with Gasteiger partial charge in [-0.3, -0.25) is 9.78 Å². The Morgan fingerprint density at radius 1 is 1.13 bits per heavy atom. The van der Waals surface area contributed by atoms with Gasteiger partial charge in [0.1, 0.15) is 5.60 Å². The van der Waals surface area contributed by atoms with Gasteiger partial charge in [0, 0.05) is 42.9 Å². The Morgan fingerprint density at radius 3 is 2.63 bits per heavy atom. The van der Waals surface area contributed by atoms with Crippen molar-refractivity contribution in [1.82, 2.24) is 14.8 Å². The molecule has 0 saturated carbocycles. The van der Waals surface area contributed by atoms with Crippen LogP contribution in [0.3, 0.4) is 0 Å². The fraction of sp³-hybridized carbons (Fsp3) is 0.458. The Kier molecular flexibility index (Phi) is 5.26. The normalized spacial score (nSPS) is 20.9. The van der Waals surface area contributed by atoms with Crippen LogP contribution in [0.15, 0.2) is 42.6 Å². The highest BCUT2D eigenvalue weighted by Gasteiger charge is 2.47. The minimum absolute atomic E-state index is 0.00570. The molecule has 0 bridgehead atoms. The predicted molar refractivity (Wildman–Crippen MR) is 115 cm³/mol. The van der Waals surface area contributed by atoms with E-state index >= 15 is 0 Å². The number of piperidine rings is 1. The number of hydrogen-bond acceptors (Lipinski definition) is 4. The van der Waals surface area contributed by atoms with Gasteiger partial charge in [0.2, 0.25) is 0 Å². The van der Waals surface area contributed by atoms with Crippen LogP contribution in [0.1, 0.15) is 43.1 Å². The summed E-state index contributed by atoms with van der Waals surface area (Å²) >= 11 is 0. The van der Waals surface area contributed by atoms with E-state index in [0.717, 1.165) is 23.2 Å². The van der Waals surface area contributed by atoms with Gasteiger partial charge >= 0.3 is 6.09 Å². The van der Waals surface area contributed by atoms with E-state index in [9.17, 15) is 9.59 Å². The van der Waals surface area contributed by atoms with Gasteiger partial charge in [0.05, 0.1) is 11.7 Å². The van der Waals surface area contributed by atoms with Gasteiger partial charge in [-0.15, -0.1) is 0 Å². The molecule has 2 fully saturated rings. The second-order valence-electron chi connectivity index (χ2n) is 9.26. The van der Waals surface area contributed by atoms with Gasteiger partial charge in [0.15, 0.2) is 0 Å². The molecule has 0 N–H and O–H groups in total. The highest BCUT2D eigenvalue weighted by molar-refractivity contribution is 6.00. The number of fused-ring (bicyclic) bond motifs is 1. The summed E-state index contributed by atoms with van der Waals surface area (Å²) in [5.74, 6) is 0.434. The van der Waals surface area contributed by atoms with Crippen LogP contribution in [0.5, 0.6) is 0 Å². The van der Waals surface area contributed by atoms with Crippen molar-refractivity contribution in [2.24, 2.45) is 5.92 Å². The zero-order valence-corrected chi connectivity index (χ0v) is 18.1. The molecule has 2 atom stereocenters. The van der Waals surface area contributed by atoms with Gasteiger partial charge < -0.3 is 14.5 Å². The van der Waals surface area contributed by atoms with Crippen LogP contribution in [0.4, 0.5) is 4.79 Å². The zero-order valence-electron chi connectivity index (χ0n) is 18.1. The first-order valence-corrected chi connectivity index (χ1v) is 10.5. The van der Waals surface area contributed by atoms with E-state index in [1.54, 1.807) is 11.1 Å². The molecule has 1 aromatic carbocycles. The maximum atomic E-state index is 13.5. The topological polar surface area (TPSA) is 62.7 Å². The number of nitrogens with zero attached hydrogens (tertiary/aromatic N) is 3. The molecule has 0 aliphatic carbocycles. The highest BCUT2D eigenvalue weighted by Crippen LogP contribution is 2.35. The lowest BCUT2D eigenvalue weighted by molar-refractivity contribution is -0.0545. The van der Waals surface area contributed by atoms with E-state index in [0.29, 0.717) is 31.1 Å². The third-order valence-corrected chi connectivity index (χ3v) is 5.81. The van der Waals surface area contributed by atoms with Crippen molar-refractivity contribution in [2.45, 2.75) is 45.8 Å². The molecule has 2 amide bonds. The van der Waals surface area contributed by atoms with Crippen molar-refractivity contribution in [2.75, 3.05) is 19.6 Å². The van der Waals surface area contributed by atoms with Crippen molar-refractivity contribution < 1.29 is 14.3 Å². The van der Waals surface area contributed by atoms with E-state index < -0.39 is 5.60 Å². The first-order valence-electron chi connectivity index (χ1n) is 10.5. The summed E-state index contributed by atoms with van der Waals surface area (Å²) in [5.41, 5.74) is 2.80. The van der Waals surface area contributed by atoms with E-state index in [-0.39, 0.29) is 18.0 Å². The van der Waals surface area contributed by atoms with Gasteiger partial charge in [-0.2, -0.15) is 0 Å². The van der Waals surface area contributed by atoms with Gasteiger partial charge in [-0.1, -0.05) is 23.8 Å². The van der Waals surface area contributed by atoms with Crippen LogP contribution in [0.2, 0.25) is 0 Å². The first kappa shape index (κ1) is 20.4. The van der Waals surface area contributed by atoms with Crippen molar-refractivity contribution >= 4 is 12.0 Å². The molecule has 3 heterocycles. The van der Waals surface area contributed by atoms with Crippen LogP contribution < -0.4 is 0 Å². The molecule has 2 saturated heterocycles. The lowest BCUT2D eigenvalue weighted by atomic mass is 9.82. The monoisotopic (exact) mass is 407 g/mol. The molecular formula is C24H29N3O3. The first-order chi connectivity index (χ1) is 14.2. The standard InChI is InChI=1S/C24H29N3O3/c1-16-8-9-18(20-7-5-6-11-25-20)19(13-16)22(28)26-12-10-17-14-27(21(17)15-26)23(29)30-24(2,3)4/h5-9,11,13,17,21H,10,12,14-15H2,1-4H3/t17-,21-/m0/s1. The van der Waals surface area contributed by atoms with Crippen molar-refractivity contribution in [1.29, 1.82) is 0 Å². The zero-order chi connectivity index (χ0) is 21.5. The van der Waals surface area contributed by atoms with E-state index in [1.807, 2.05) is 69.0 Å². The number of carbonyl (C=O) groups excluding carboxylic acids is 2. The van der Waals surface area contributed by atoms with Crippen LogP contribution in [-0.2, 0) is 4.74 Å². The van der Waals surface area contributed by atoms with Gasteiger partial charge in [0.25, 0.3) is 5.91 Å². The Labute approximate surface area is 177 Å². The Bertz CT molecular complexity index is 952. The second-order valence-corrected chi connectivity index (χ2v) is 9.26. The third-order valence-electron chi connectivity index (χ3n) is 5.81. The SMILES string of the molecule is Cc1ccc(-c2ccccn2)c(C(=O)N2CC[C@H]3CN(C(=O)OC(C)(C)C)[C@H]3C2)c1. The Morgan fingerprint density at radius 2 is 1.93 bits per heavy atom. The maximum absolute atomic E-state index is 13.5. The van der Waals surface area contributed by atoms with E-state index in [1.165, 1.54) is 0 Å². The highest BCUT2D eigenvalue weighted by atomic mass is 16.6. The summed E-state index contributed by atoms with van der Waals surface area (Å²) in [6.45, 7) is 9.56. The number of aromatic nitrogens is 1. The molecular weight excluding hydrogens is 378 g/mol. The summed E-state index contributed by atoms with van der Waals surface area (Å²) in [5, 5.41) is 0. The average Bonchev–Trinajstić information content (AvgIpc) is 2.67. The number of likely N-dealkylation sites (tertiary alicyclic amines) is 2. The van der Waals surface area contributed by atoms with Crippen molar-refractivity contribution in [3.05, 3.63) is 53.7 Å². The van der Waals surface area contributed by atoms with Crippen LogP contribution in [0.25, 0.3) is 11.3 Å². The number of amides is 2. The molecule has 30 heavy (non-hydrogen) atoms. The van der Waals surface area contributed by atoms with E-state index in [4.69, 9.17) is 4.74 Å². The molecule has 6 heteroatoms. The number of aryl methyl sites for hydroxylation is 1. The Hall–Kier alpha value is -2.89. The molecule has 6 nitrogen and oxygen atoms in total. The van der Waals surface area contributed by atoms with Gasteiger partial charge in [-0.25, -0.2) is 4.79 Å². The van der Waals surface area contributed by atoms with Crippen LogP contribution in [-0.4, -0.2) is 58.1 Å². The lowest BCUT2D eigenvalue weighted by Crippen LogP contribution is -2.66. The fourth-order valence-electron chi connectivity index (χ4n) is 4.26. The fourth-order valence-corrected chi connectivity index (χ4v) is 4.26. The molecule has 1 aromatic heterocycles. The smallest absolute Gasteiger partial charge is 0.410 e. The van der Waals surface area contributed by atoms with E-state index in [2.05, 4.69) is 4.98 Å². The predicted octanol–water partition coefficient (Wildman–Crippen LogP) is 4.14. The Balaban J connectivity index is 1.54. The third kappa shape index (κ3) is 4.04. The molecule has 0 spiro atoms. The molecule has 2 aliphatic heterocycles. The summed E-state index contributed by atoms with van der Waals surface area (Å²) in [6.07, 6.45) is 2.35. The molecule has 2 aliphatic rings. The number of rotatable bonds is 2. The number of ether oxygens (including phenoxy) is 1. The molecule has 0 radical (unpaired) electrons.